The number of piperidine rings is 1. The van der Waals surface area contributed by atoms with Crippen molar-refractivity contribution in [2.45, 2.75) is 26.2 Å². The van der Waals surface area contributed by atoms with E-state index >= 15 is 0 Å². The van der Waals surface area contributed by atoms with Gasteiger partial charge in [0.25, 0.3) is 0 Å². The zero-order chi connectivity index (χ0) is 12.3. The molecule has 1 rings (SSSR count). The van der Waals surface area contributed by atoms with Crippen LogP contribution in [0.2, 0.25) is 0 Å². The number of carbonyl (C=O) groups is 1. The van der Waals surface area contributed by atoms with Gasteiger partial charge in [-0.1, -0.05) is 13.3 Å². The van der Waals surface area contributed by atoms with Crippen LogP contribution < -0.4 is 5.11 Å². The predicted octanol–water partition coefficient (Wildman–Crippen LogP) is -0.566. The fraction of sp³-hybridized carbons (Fsp3) is 0.900. The minimum atomic E-state index is -3.15. The second kappa shape index (κ2) is 5.14. The lowest BCUT2D eigenvalue weighted by molar-refractivity contribution is -0.307. The van der Waals surface area contributed by atoms with Gasteiger partial charge in [0.2, 0.25) is 10.0 Å². The Morgan fingerprint density at radius 1 is 1.44 bits per heavy atom. The molecule has 6 heteroatoms. The van der Waals surface area contributed by atoms with Gasteiger partial charge in [-0.15, -0.1) is 0 Å². The van der Waals surface area contributed by atoms with E-state index in [0.29, 0.717) is 19.5 Å². The lowest BCUT2D eigenvalue weighted by atomic mass is 9.82. The molecule has 0 N–H and O–H groups in total. The van der Waals surface area contributed by atoms with Gasteiger partial charge in [0.05, 0.1) is 6.26 Å². The molecule has 94 valence electrons. The smallest absolute Gasteiger partial charge is 0.211 e. The van der Waals surface area contributed by atoms with E-state index in [1.165, 1.54) is 10.6 Å². The number of carboxylic acid groups (broad SMARTS) is 1. The van der Waals surface area contributed by atoms with E-state index in [2.05, 4.69) is 0 Å². The van der Waals surface area contributed by atoms with Crippen LogP contribution in [0, 0.1) is 11.8 Å². The highest BCUT2D eigenvalue weighted by molar-refractivity contribution is 7.88. The maximum absolute atomic E-state index is 11.4. The van der Waals surface area contributed by atoms with Gasteiger partial charge in [0.1, 0.15) is 0 Å². The molecule has 1 heterocycles. The van der Waals surface area contributed by atoms with Gasteiger partial charge in [-0.2, -0.15) is 0 Å². The summed E-state index contributed by atoms with van der Waals surface area (Å²) in [4.78, 5) is 10.6. The molecule has 1 fully saturated rings. The molecular formula is C10H18NO4S-. The van der Waals surface area contributed by atoms with Crippen LogP contribution in [0.25, 0.3) is 0 Å². The first-order chi connectivity index (χ1) is 7.34. The summed E-state index contributed by atoms with van der Waals surface area (Å²) in [5.74, 6) is -0.870. The van der Waals surface area contributed by atoms with Crippen molar-refractivity contribution in [1.82, 2.24) is 4.31 Å². The van der Waals surface area contributed by atoms with Gasteiger partial charge in [-0.3, -0.25) is 0 Å². The highest BCUT2D eigenvalue weighted by atomic mass is 32.2. The highest BCUT2D eigenvalue weighted by Crippen LogP contribution is 2.29. The monoisotopic (exact) mass is 248 g/mol. The van der Waals surface area contributed by atoms with E-state index in [1.54, 1.807) is 0 Å². The number of sulfonamides is 1. The van der Waals surface area contributed by atoms with Crippen molar-refractivity contribution in [3.8, 4) is 0 Å². The Hall–Kier alpha value is -0.620. The molecule has 1 saturated heterocycles. The molecule has 0 aromatic heterocycles. The van der Waals surface area contributed by atoms with Crippen LogP contribution in [0.15, 0.2) is 0 Å². The summed E-state index contributed by atoms with van der Waals surface area (Å²) in [6.07, 6.45) is 2.64. The van der Waals surface area contributed by atoms with Crippen LogP contribution in [0.1, 0.15) is 26.2 Å². The van der Waals surface area contributed by atoms with Crippen LogP contribution in [0.3, 0.4) is 0 Å². The number of rotatable bonds is 4. The van der Waals surface area contributed by atoms with E-state index in [1.807, 2.05) is 6.92 Å². The number of nitrogens with zero attached hydrogens (tertiary/aromatic N) is 1. The van der Waals surface area contributed by atoms with Crippen LogP contribution in [0.5, 0.6) is 0 Å². The quantitative estimate of drug-likeness (QED) is 0.668. The molecule has 0 amide bonds. The van der Waals surface area contributed by atoms with Crippen LogP contribution in [-0.2, 0) is 14.8 Å². The fourth-order valence-corrected chi connectivity index (χ4v) is 3.19. The molecule has 16 heavy (non-hydrogen) atoms. The minimum absolute atomic E-state index is 0.0378. The van der Waals surface area contributed by atoms with E-state index in [0.717, 1.165) is 6.42 Å². The van der Waals surface area contributed by atoms with Crippen molar-refractivity contribution in [1.29, 1.82) is 0 Å². The molecule has 1 aliphatic rings. The van der Waals surface area contributed by atoms with Gasteiger partial charge in [0.15, 0.2) is 0 Å². The Bertz CT molecular complexity index is 352. The summed E-state index contributed by atoms with van der Waals surface area (Å²) in [5.41, 5.74) is 0. The summed E-state index contributed by atoms with van der Waals surface area (Å²) < 4.78 is 24.2. The summed E-state index contributed by atoms with van der Waals surface area (Å²) in [6, 6.07) is 0. The topological polar surface area (TPSA) is 77.5 Å². The van der Waals surface area contributed by atoms with Crippen LogP contribution >= 0.6 is 0 Å². The maximum Gasteiger partial charge on any atom is 0.211 e. The maximum atomic E-state index is 11.4. The zero-order valence-electron chi connectivity index (χ0n) is 9.68. The Kier molecular flexibility index (Phi) is 4.32. The van der Waals surface area contributed by atoms with Crippen molar-refractivity contribution < 1.29 is 18.3 Å². The third-order valence-electron chi connectivity index (χ3n) is 3.28. The molecule has 0 radical (unpaired) electrons. The van der Waals surface area contributed by atoms with Crippen LogP contribution in [0.4, 0.5) is 0 Å². The lowest BCUT2D eigenvalue weighted by Gasteiger charge is -2.37. The molecule has 0 unspecified atom stereocenters. The van der Waals surface area contributed by atoms with Gasteiger partial charge < -0.3 is 9.90 Å². The van der Waals surface area contributed by atoms with Crippen LogP contribution in [-0.4, -0.2) is 38.0 Å². The largest absolute Gasteiger partial charge is 0.550 e. The first-order valence-corrected chi connectivity index (χ1v) is 7.34. The summed E-state index contributed by atoms with van der Waals surface area (Å²) in [7, 11) is -3.15. The second-order valence-electron chi connectivity index (χ2n) is 4.41. The normalized spacial score (nSPS) is 27.9. The zero-order valence-corrected chi connectivity index (χ0v) is 10.5. The molecule has 0 bridgehead atoms. The molecule has 0 aromatic rings. The van der Waals surface area contributed by atoms with E-state index in [-0.39, 0.29) is 18.3 Å². The Morgan fingerprint density at radius 2 is 2.06 bits per heavy atom. The second-order valence-corrected chi connectivity index (χ2v) is 6.40. The standard InChI is InChI=1S/C10H19NO4S/c1-3-8-7-11(16(2,14)15)5-4-9(8)6-10(12)13/h8-9H,3-7H2,1-2H3,(H,12,13)/p-1/t8-,9-/m0/s1. The first kappa shape index (κ1) is 13.4. The molecule has 0 aliphatic carbocycles. The third-order valence-corrected chi connectivity index (χ3v) is 4.55. The molecule has 5 nitrogen and oxygen atoms in total. The minimum Gasteiger partial charge on any atom is -0.550 e. The van der Waals surface area contributed by atoms with E-state index < -0.39 is 16.0 Å². The van der Waals surface area contributed by atoms with Crippen molar-refractivity contribution >= 4 is 16.0 Å². The van der Waals surface area contributed by atoms with Gasteiger partial charge in [-0.05, 0) is 24.7 Å². The number of hydrogen-bond acceptors (Lipinski definition) is 4. The molecule has 0 spiro atoms. The number of hydrogen-bond donors (Lipinski definition) is 0. The van der Waals surface area contributed by atoms with E-state index in [4.69, 9.17) is 0 Å². The molecule has 1 aliphatic heterocycles. The number of aliphatic carboxylic acids is 1. The lowest BCUT2D eigenvalue weighted by Crippen LogP contribution is -2.44. The van der Waals surface area contributed by atoms with Crippen molar-refractivity contribution in [3.63, 3.8) is 0 Å². The fourth-order valence-electron chi connectivity index (χ4n) is 2.29. The first-order valence-electron chi connectivity index (χ1n) is 5.49. The molecule has 2 atom stereocenters. The van der Waals surface area contributed by atoms with Gasteiger partial charge in [-0.25, -0.2) is 12.7 Å². The average molecular weight is 248 g/mol. The van der Waals surface area contributed by atoms with Crippen molar-refractivity contribution in [2.75, 3.05) is 19.3 Å². The van der Waals surface area contributed by atoms with E-state index in [9.17, 15) is 18.3 Å². The Morgan fingerprint density at radius 3 is 2.50 bits per heavy atom. The van der Waals surface area contributed by atoms with Gasteiger partial charge >= 0.3 is 0 Å². The van der Waals surface area contributed by atoms with Gasteiger partial charge in [0, 0.05) is 19.1 Å². The molecule has 0 aromatic carbocycles. The molecule has 0 saturated carbocycles. The number of carboxylic acids is 1. The SMILES string of the molecule is CC[C@H]1CN(S(C)(=O)=O)CC[C@H]1CC(=O)[O-]. The Balaban J connectivity index is 2.67. The average Bonchev–Trinajstić information content (AvgIpc) is 2.15. The number of carbonyl (C=O) groups excluding carboxylic acids is 1. The molecular weight excluding hydrogens is 230 g/mol. The van der Waals surface area contributed by atoms with Crippen molar-refractivity contribution in [2.24, 2.45) is 11.8 Å². The summed E-state index contributed by atoms with van der Waals surface area (Å²) in [6.45, 7) is 2.82. The third kappa shape index (κ3) is 3.45. The summed E-state index contributed by atoms with van der Waals surface area (Å²) >= 11 is 0. The highest BCUT2D eigenvalue weighted by Gasteiger charge is 2.31. The van der Waals surface area contributed by atoms with Crippen molar-refractivity contribution in [3.05, 3.63) is 0 Å². The summed E-state index contributed by atoms with van der Waals surface area (Å²) in [5, 5.41) is 10.6. The Labute approximate surface area is 96.5 Å². The predicted molar refractivity (Wildman–Crippen MR) is 57.9 cm³/mol.